The highest BCUT2D eigenvalue weighted by atomic mass is 16.2. The Morgan fingerprint density at radius 1 is 1.15 bits per heavy atom. The molecule has 0 unspecified atom stereocenters. The summed E-state index contributed by atoms with van der Waals surface area (Å²) in [5.41, 5.74) is 3.76. The van der Waals surface area contributed by atoms with Crippen LogP contribution in [0.5, 0.6) is 0 Å². The van der Waals surface area contributed by atoms with Crippen LogP contribution >= 0.6 is 0 Å². The molecule has 0 saturated heterocycles. The average Bonchev–Trinajstić information content (AvgIpc) is 2.46. The van der Waals surface area contributed by atoms with Crippen molar-refractivity contribution in [1.29, 1.82) is 0 Å². The standard InChI is InChI=1S/C16H18N2O2/c1-2-10-6-8-11(9-7-10)15-14-12(17-16(20)18-15)4-3-5-13(14)19/h6-9,15H,2-5H2,1H3,(H2,17,18,20)/t15-/m1/s1. The molecule has 0 saturated carbocycles. The van der Waals surface area contributed by atoms with E-state index in [1.165, 1.54) is 5.56 Å². The van der Waals surface area contributed by atoms with Crippen LogP contribution in [0.25, 0.3) is 0 Å². The van der Waals surface area contributed by atoms with Crippen LogP contribution in [0, 0.1) is 0 Å². The number of carbonyl (C=O) groups is 2. The molecule has 0 aromatic heterocycles. The zero-order valence-corrected chi connectivity index (χ0v) is 11.5. The maximum Gasteiger partial charge on any atom is 0.319 e. The van der Waals surface area contributed by atoms with Crippen LogP contribution in [-0.4, -0.2) is 11.8 Å². The van der Waals surface area contributed by atoms with Crippen LogP contribution < -0.4 is 10.6 Å². The summed E-state index contributed by atoms with van der Waals surface area (Å²) in [7, 11) is 0. The molecule has 1 atom stereocenters. The molecule has 0 radical (unpaired) electrons. The first-order valence-electron chi connectivity index (χ1n) is 7.11. The molecular formula is C16H18N2O2. The van der Waals surface area contributed by atoms with Crippen LogP contribution in [0.3, 0.4) is 0 Å². The van der Waals surface area contributed by atoms with Gasteiger partial charge in [-0.2, -0.15) is 0 Å². The van der Waals surface area contributed by atoms with Crippen molar-refractivity contribution < 1.29 is 9.59 Å². The minimum Gasteiger partial charge on any atom is -0.327 e. The molecule has 0 spiro atoms. The SMILES string of the molecule is CCc1ccc([C@H]2NC(=O)NC3=C2C(=O)CCC3)cc1. The molecule has 1 aromatic carbocycles. The third kappa shape index (κ3) is 2.22. The Balaban J connectivity index is 2.01. The Kier molecular flexibility index (Phi) is 3.30. The minimum absolute atomic E-state index is 0.142. The van der Waals surface area contributed by atoms with E-state index in [0.29, 0.717) is 6.42 Å². The first-order valence-corrected chi connectivity index (χ1v) is 7.11. The molecule has 2 aliphatic rings. The van der Waals surface area contributed by atoms with E-state index in [-0.39, 0.29) is 17.9 Å². The quantitative estimate of drug-likeness (QED) is 0.868. The molecule has 1 heterocycles. The van der Waals surface area contributed by atoms with Crippen molar-refractivity contribution in [3.63, 3.8) is 0 Å². The van der Waals surface area contributed by atoms with E-state index in [1.807, 2.05) is 12.1 Å². The number of hydrogen-bond acceptors (Lipinski definition) is 2. The lowest BCUT2D eigenvalue weighted by molar-refractivity contribution is -0.116. The van der Waals surface area contributed by atoms with Gasteiger partial charge in [-0.1, -0.05) is 31.2 Å². The number of nitrogens with one attached hydrogen (secondary N) is 2. The Hall–Kier alpha value is -2.10. The molecule has 104 valence electrons. The summed E-state index contributed by atoms with van der Waals surface area (Å²) >= 11 is 0. The van der Waals surface area contributed by atoms with Crippen molar-refractivity contribution in [3.05, 3.63) is 46.7 Å². The molecule has 0 bridgehead atoms. The van der Waals surface area contributed by atoms with Gasteiger partial charge in [-0.15, -0.1) is 0 Å². The summed E-state index contributed by atoms with van der Waals surface area (Å²) in [5.74, 6) is 0.142. The zero-order valence-electron chi connectivity index (χ0n) is 11.5. The van der Waals surface area contributed by atoms with Gasteiger partial charge in [0.25, 0.3) is 0 Å². The number of carbonyl (C=O) groups excluding carboxylic acids is 2. The molecule has 4 nitrogen and oxygen atoms in total. The van der Waals surface area contributed by atoms with Gasteiger partial charge in [0, 0.05) is 17.7 Å². The first-order chi connectivity index (χ1) is 9.69. The highest BCUT2D eigenvalue weighted by molar-refractivity contribution is 6.00. The summed E-state index contributed by atoms with van der Waals surface area (Å²) in [6.45, 7) is 2.10. The Labute approximate surface area is 118 Å². The fraction of sp³-hybridized carbons (Fsp3) is 0.375. The van der Waals surface area contributed by atoms with Gasteiger partial charge >= 0.3 is 6.03 Å². The predicted octanol–water partition coefficient (Wildman–Crippen LogP) is 2.61. The summed E-state index contributed by atoms with van der Waals surface area (Å²) in [6, 6.07) is 7.58. The number of allylic oxidation sites excluding steroid dienone is 1. The fourth-order valence-electron chi connectivity index (χ4n) is 2.90. The number of amides is 2. The number of rotatable bonds is 2. The second-order valence-corrected chi connectivity index (χ2v) is 5.30. The maximum atomic E-state index is 12.2. The highest BCUT2D eigenvalue weighted by Crippen LogP contribution is 2.33. The molecule has 2 amide bonds. The van der Waals surface area contributed by atoms with Crippen LogP contribution in [0.15, 0.2) is 35.5 Å². The molecule has 3 rings (SSSR count). The Bertz CT molecular complexity index is 587. The van der Waals surface area contributed by atoms with E-state index in [2.05, 4.69) is 29.7 Å². The average molecular weight is 270 g/mol. The van der Waals surface area contributed by atoms with Crippen molar-refractivity contribution in [1.82, 2.24) is 10.6 Å². The summed E-state index contributed by atoms with van der Waals surface area (Å²) in [6.07, 6.45) is 3.14. The number of benzene rings is 1. The van der Waals surface area contributed by atoms with E-state index >= 15 is 0 Å². The molecule has 4 heteroatoms. The number of ketones is 1. The molecule has 20 heavy (non-hydrogen) atoms. The number of aryl methyl sites for hydroxylation is 1. The van der Waals surface area contributed by atoms with Gasteiger partial charge in [-0.3, -0.25) is 4.79 Å². The maximum absolute atomic E-state index is 12.2. The second kappa shape index (κ2) is 5.12. The van der Waals surface area contributed by atoms with Crippen LogP contribution in [0.1, 0.15) is 43.4 Å². The molecule has 0 fully saturated rings. The van der Waals surface area contributed by atoms with Crippen molar-refractivity contribution >= 4 is 11.8 Å². The Morgan fingerprint density at radius 2 is 1.90 bits per heavy atom. The van der Waals surface area contributed by atoms with E-state index in [9.17, 15) is 9.59 Å². The summed E-state index contributed by atoms with van der Waals surface area (Å²) < 4.78 is 0. The predicted molar refractivity (Wildman–Crippen MR) is 76.1 cm³/mol. The third-order valence-corrected chi connectivity index (χ3v) is 4.01. The van der Waals surface area contributed by atoms with Crippen molar-refractivity contribution in [2.45, 2.75) is 38.6 Å². The van der Waals surface area contributed by atoms with E-state index < -0.39 is 0 Å². The van der Waals surface area contributed by atoms with Gasteiger partial charge in [-0.25, -0.2) is 4.79 Å². The first kappa shape index (κ1) is 12.9. The van der Waals surface area contributed by atoms with Crippen molar-refractivity contribution in [2.24, 2.45) is 0 Å². The second-order valence-electron chi connectivity index (χ2n) is 5.30. The van der Waals surface area contributed by atoms with Crippen LogP contribution in [0.2, 0.25) is 0 Å². The van der Waals surface area contributed by atoms with E-state index in [0.717, 1.165) is 36.1 Å². The van der Waals surface area contributed by atoms with Crippen molar-refractivity contribution in [2.75, 3.05) is 0 Å². The third-order valence-electron chi connectivity index (χ3n) is 4.01. The van der Waals surface area contributed by atoms with Gasteiger partial charge in [0.05, 0.1) is 6.04 Å². The number of hydrogen-bond donors (Lipinski definition) is 2. The monoisotopic (exact) mass is 270 g/mol. The van der Waals surface area contributed by atoms with Gasteiger partial charge < -0.3 is 10.6 Å². The lowest BCUT2D eigenvalue weighted by Crippen LogP contribution is -2.46. The normalized spacial score (nSPS) is 22.1. The lowest BCUT2D eigenvalue weighted by Gasteiger charge is -2.32. The topological polar surface area (TPSA) is 58.2 Å². The van der Waals surface area contributed by atoms with Crippen LogP contribution in [0.4, 0.5) is 4.79 Å². The largest absolute Gasteiger partial charge is 0.327 e. The zero-order chi connectivity index (χ0) is 14.1. The molecule has 2 N–H and O–H groups in total. The highest BCUT2D eigenvalue weighted by Gasteiger charge is 2.34. The summed E-state index contributed by atoms with van der Waals surface area (Å²) in [5, 5.41) is 5.65. The molecule has 1 aromatic rings. The van der Waals surface area contributed by atoms with E-state index in [1.54, 1.807) is 0 Å². The van der Waals surface area contributed by atoms with Crippen LogP contribution in [-0.2, 0) is 11.2 Å². The number of urea groups is 1. The van der Waals surface area contributed by atoms with E-state index in [4.69, 9.17) is 0 Å². The number of Topliss-reactive ketones (excluding diaryl/α,β-unsaturated/α-hetero) is 1. The van der Waals surface area contributed by atoms with Gasteiger partial charge in [0.15, 0.2) is 5.78 Å². The van der Waals surface area contributed by atoms with Gasteiger partial charge in [-0.05, 0) is 30.4 Å². The smallest absolute Gasteiger partial charge is 0.319 e. The van der Waals surface area contributed by atoms with Gasteiger partial charge in [0.1, 0.15) is 0 Å². The summed E-state index contributed by atoms with van der Waals surface area (Å²) in [4.78, 5) is 24.0. The Morgan fingerprint density at radius 3 is 2.60 bits per heavy atom. The molecular weight excluding hydrogens is 252 g/mol. The fourth-order valence-corrected chi connectivity index (χ4v) is 2.90. The molecule has 1 aliphatic carbocycles. The van der Waals surface area contributed by atoms with Gasteiger partial charge in [0.2, 0.25) is 0 Å². The molecule has 1 aliphatic heterocycles. The van der Waals surface area contributed by atoms with Crippen molar-refractivity contribution in [3.8, 4) is 0 Å². The lowest BCUT2D eigenvalue weighted by atomic mass is 9.85. The minimum atomic E-state index is -0.308.